The van der Waals surface area contributed by atoms with E-state index < -0.39 is 5.60 Å². The lowest BCUT2D eigenvalue weighted by atomic mass is 10.0. The van der Waals surface area contributed by atoms with E-state index in [0.717, 1.165) is 31.4 Å². The maximum absolute atomic E-state index is 10.2. The van der Waals surface area contributed by atoms with Crippen LogP contribution in [0.2, 0.25) is 0 Å². The number of hydrogen-bond donors (Lipinski definition) is 3. The van der Waals surface area contributed by atoms with Gasteiger partial charge in [0, 0.05) is 32.4 Å². The molecule has 1 aromatic rings. The molecule has 18 heavy (non-hydrogen) atoms. The van der Waals surface area contributed by atoms with Gasteiger partial charge in [-0.1, -0.05) is 18.1 Å². The van der Waals surface area contributed by atoms with E-state index in [-0.39, 0.29) is 6.61 Å². The van der Waals surface area contributed by atoms with Gasteiger partial charge in [-0.3, -0.25) is 4.68 Å². The summed E-state index contributed by atoms with van der Waals surface area (Å²) in [4.78, 5) is 0. The highest BCUT2D eigenvalue weighted by atomic mass is 16.3. The quantitative estimate of drug-likeness (QED) is 0.640. The summed E-state index contributed by atoms with van der Waals surface area (Å²) in [6.07, 6.45) is 6.59. The average Bonchev–Trinajstić information content (AvgIpc) is 2.97. The summed E-state index contributed by atoms with van der Waals surface area (Å²) in [6.45, 7) is 2.10. The Kier molecular flexibility index (Phi) is 4.68. The highest BCUT2D eigenvalue weighted by molar-refractivity contribution is 4.93. The van der Waals surface area contributed by atoms with Crippen molar-refractivity contribution in [3.8, 4) is 0 Å². The topological polar surface area (TPSA) is 83.2 Å². The molecule has 0 atom stereocenters. The zero-order chi connectivity index (χ0) is 12.8. The lowest BCUT2D eigenvalue weighted by Gasteiger charge is -2.21. The van der Waals surface area contributed by atoms with Crippen LogP contribution in [0.1, 0.15) is 37.8 Å². The Bertz CT molecular complexity index is 361. The molecule has 1 saturated carbocycles. The number of aromatic nitrogens is 3. The van der Waals surface area contributed by atoms with E-state index in [1.165, 1.54) is 0 Å². The minimum atomic E-state index is -0.521. The van der Waals surface area contributed by atoms with Crippen molar-refractivity contribution in [2.45, 2.75) is 50.8 Å². The van der Waals surface area contributed by atoms with Crippen molar-refractivity contribution in [1.29, 1.82) is 0 Å². The summed E-state index contributed by atoms with van der Waals surface area (Å²) in [5.74, 6) is 0. The van der Waals surface area contributed by atoms with E-state index in [9.17, 15) is 5.11 Å². The van der Waals surface area contributed by atoms with Crippen LogP contribution in [-0.2, 0) is 13.1 Å². The van der Waals surface area contributed by atoms with Crippen molar-refractivity contribution < 1.29 is 10.2 Å². The maximum atomic E-state index is 10.2. The van der Waals surface area contributed by atoms with Crippen molar-refractivity contribution in [2.24, 2.45) is 0 Å². The summed E-state index contributed by atoms with van der Waals surface area (Å²) in [6, 6.07) is 0. The molecule has 0 saturated heterocycles. The first kappa shape index (κ1) is 13.5. The molecule has 0 unspecified atom stereocenters. The lowest BCUT2D eigenvalue weighted by Crippen LogP contribution is -2.37. The third kappa shape index (κ3) is 3.76. The molecule has 6 heteroatoms. The number of hydrogen-bond acceptors (Lipinski definition) is 5. The second kappa shape index (κ2) is 6.26. The predicted molar refractivity (Wildman–Crippen MR) is 66.8 cm³/mol. The first-order valence-corrected chi connectivity index (χ1v) is 6.65. The summed E-state index contributed by atoms with van der Waals surface area (Å²) in [5.41, 5.74) is 0.349. The molecule has 1 aliphatic carbocycles. The van der Waals surface area contributed by atoms with E-state index in [1.807, 2.05) is 6.20 Å². The molecule has 3 N–H and O–H groups in total. The van der Waals surface area contributed by atoms with E-state index in [1.54, 1.807) is 4.68 Å². The van der Waals surface area contributed by atoms with Crippen molar-refractivity contribution in [2.75, 3.05) is 13.2 Å². The van der Waals surface area contributed by atoms with Crippen molar-refractivity contribution in [3.63, 3.8) is 0 Å². The fourth-order valence-corrected chi connectivity index (χ4v) is 2.39. The van der Waals surface area contributed by atoms with Gasteiger partial charge in [-0.05, 0) is 19.3 Å². The molecule has 1 aliphatic rings. The smallest absolute Gasteiger partial charge is 0.0964 e. The molecule has 0 aliphatic heterocycles. The molecule has 0 bridgehead atoms. The van der Waals surface area contributed by atoms with Gasteiger partial charge in [-0.2, -0.15) is 0 Å². The molecule has 0 radical (unpaired) electrons. The predicted octanol–water partition coefficient (Wildman–Crippen LogP) is 0.0552. The largest absolute Gasteiger partial charge is 0.396 e. The van der Waals surface area contributed by atoms with Gasteiger partial charge in [-0.25, -0.2) is 0 Å². The second-order valence-electron chi connectivity index (χ2n) is 5.09. The average molecular weight is 254 g/mol. The number of aliphatic hydroxyl groups excluding tert-OH is 1. The van der Waals surface area contributed by atoms with E-state index in [2.05, 4.69) is 15.6 Å². The molecule has 2 rings (SSSR count). The zero-order valence-electron chi connectivity index (χ0n) is 10.7. The molecule has 6 nitrogen and oxygen atoms in total. The summed E-state index contributed by atoms with van der Waals surface area (Å²) in [7, 11) is 0. The van der Waals surface area contributed by atoms with Crippen LogP contribution in [-0.4, -0.2) is 44.0 Å². The van der Waals surface area contributed by atoms with Gasteiger partial charge in [0.1, 0.15) is 0 Å². The number of aliphatic hydroxyl groups is 2. The van der Waals surface area contributed by atoms with E-state index in [4.69, 9.17) is 5.11 Å². The molecular weight excluding hydrogens is 232 g/mol. The zero-order valence-corrected chi connectivity index (χ0v) is 10.7. The Morgan fingerprint density at radius 2 is 2.17 bits per heavy atom. The Morgan fingerprint density at radius 1 is 1.39 bits per heavy atom. The van der Waals surface area contributed by atoms with Crippen LogP contribution in [0.15, 0.2) is 6.20 Å². The molecule has 0 aromatic carbocycles. The summed E-state index contributed by atoms with van der Waals surface area (Å²) in [5, 5.41) is 30.1. The fraction of sp³-hybridized carbons (Fsp3) is 0.833. The number of rotatable bonds is 7. The Balaban J connectivity index is 1.71. The maximum Gasteiger partial charge on any atom is 0.0964 e. The van der Waals surface area contributed by atoms with Gasteiger partial charge in [0.05, 0.1) is 11.3 Å². The molecule has 0 amide bonds. The normalized spacial score (nSPS) is 18.3. The van der Waals surface area contributed by atoms with Gasteiger partial charge in [-0.15, -0.1) is 5.10 Å². The highest BCUT2D eigenvalue weighted by Crippen LogP contribution is 2.28. The minimum Gasteiger partial charge on any atom is -0.396 e. The van der Waals surface area contributed by atoms with Crippen molar-refractivity contribution in [3.05, 3.63) is 11.9 Å². The number of nitrogens with zero attached hydrogens (tertiary/aromatic N) is 3. The van der Waals surface area contributed by atoms with Crippen LogP contribution < -0.4 is 5.32 Å². The van der Waals surface area contributed by atoms with Gasteiger partial charge in [0.15, 0.2) is 0 Å². The summed E-state index contributed by atoms with van der Waals surface area (Å²) < 4.78 is 1.73. The van der Waals surface area contributed by atoms with Crippen LogP contribution in [0.4, 0.5) is 0 Å². The van der Waals surface area contributed by atoms with Gasteiger partial charge in [0.2, 0.25) is 0 Å². The summed E-state index contributed by atoms with van der Waals surface area (Å²) >= 11 is 0. The van der Waals surface area contributed by atoms with Crippen LogP contribution in [0.5, 0.6) is 0 Å². The number of aryl methyl sites for hydroxylation is 1. The first-order valence-electron chi connectivity index (χ1n) is 6.65. The molecule has 1 fully saturated rings. The van der Waals surface area contributed by atoms with Crippen molar-refractivity contribution >= 4 is 0 Å². The van der Waals surface area contributed by atoms with Crippen LogP contribution in [0, 0.1) is 0 Å². The fourth-order valence-electron chi connectivity index (χ4n) is 2.39. The van der Waals surface area contributed by atoms with Gasteiger partial charge < -0.3 is 15.5 Å². The molecule has 0 spiro atoms. The van der Waals surface area contributed by atoms with E-state index in [0.29, 0.717) is 26.1 Å². The van der Waals surface area contributed by atoms with Gasteiger partial charge >= 0.3 is 0 Å². The second-order valence-corrected chi connectivity index (χ2v) is 5.09. The first-order chi connectivity index (χ1) is 8.72. The van der Waals surface area contributed by atoms with Crippen LogP contribution >= 0.6 is 0 Å². The monoisotopic (exact) mass is 254 g/mol. The third-order valence-corrected chi connectivity index (χ3v) is 3.43. The Hall–Kier alpha value is -0.980. The van der Waals surface area contributed by atoms with Crippen molar-refractivity contribution in [1.82, 2.24) is 20.3 Å². The van der Waals surface area contributed by atoms with Crippen LogP contribution in [0.25, 0.3) is 0 Å². The van der Waals surface area contributed by atoms with Crippen LogP contribution in [0.3, 0.4) is 0 Å². The molecular formula is C12H22N4O2. The molecule has 1 heterocycles. The minimum absolute atomic E-state index is 0.167. The SMILES string of the molecule is OCCCn1cc(CNCC2(O)CCCC2)nn1. The molecule has 102 valence electrons. The Morgan fingerprint density at radius 3 is 2.89 bits per heavy atom. The van der Waals surface area contributed by atoms with Gasteiger partial charge in [0.25, 0.3) is 0 Å². The molecule has 1 aromatic heterocycles. The number of nitrogens with one attached hydrogen (secondary N) is 1. The highest BCUT2D eigenvalue weighted by Gasteiger charge is 2.30. The lowest BCUT2D eigenvalue weighted by molar-refractivity contribution is 0.0474. The Labute approximate surface area is 107 Å². The van der Waals surface area contributed by atoms with E-state index >= 15 is 0 Å². The standard InChI is InChI=1S/C12H22N4O2/c17-7-3-6-16-9-11(14-15-16)8-13-10-12(18)4-1-2-5-12/h9,13,17-18H,1-8,10H2. The third-order valence-electron chi connectivity index (χ3n) is 3.43.